The molecule has 0 bridgehead atoms. The highest BCUT2D eigenvalue weighted by Crippen LogP contribution is 2.37. The molecule has 28 heavy (non-hydrogen) atoms. The number of para-hydroxylation sites is 2. The van der Waals surface area contributed by atoms with Gasteiger partial charge in [0.2, 0.25) is 11.7 Å². The molecule has 7 nitrogen and oxygen atoms in total. The molecule has 1 atom stereocenters. The number of benzene rings is 2. The molecule has 0 radical (unpaired) electrons. The van der Waals surface area contributed by atoms with Crippen molar-refractivity contribution in [2.45, 2.75) is 10.4 Å². The highest BCUT2D eigenvalue weighted by Gasteiger charge is 2.30. The van der Waals surface area contributed by atoms with E-state index in [9.17, 15) is 4.79 Å². The lowest BCUT2D eigenvalue weighted by Crippen LogP contribution is -2.42. The van der Waals surface area contributed by atoms with E-state index in [1.165, 1.54) is 11.8 Å². The molecule has 1 aliphatic heterocycles. The lowest BCUT2D eigenvalue weighted by Gasteiger charge is -2.30. The van der Waals surface area contributed by atoms with E-state index in [0.29, 0.717) is 32.1 Å². The number of hydrogen-bond acceptors (Lipinski definition) is 5. The quantitative estimate of drug-likeness (QED) is 0.540. The number of carbonyl (C=O) groups is 1. The first kappa shape index (κ1) is 17.3. The average Bonchev–Trinajstić information content (AvgIpc) is 3.32. The van der Waals surface area contributed by atoms with Gasteiger partial charge in [0, 0.05) is 13.1 Å². The molecule has 0 saturated carbocycles. The Morgan fingerprint density at radius 1 is 1.07 bits per heavy atom. The van der Waals surface area contributed by atoms with Gasteiger partial charge in [0.05, 0.1) is 24.2 Å². The number of nitrogens with one attached hydrogen (secondary N) is 1. The molecule has 1 N–H and O–H groups in total. The summed E-state index contributed by atoms with van der Waals surface area (Å²) in [6.45, 7) is 2.40. The van der Waals surface area contributed by atoms with Gasteiger partial charge in [-0.1, -0.05) is 54.2 Å². The maximum absolute atomic E-state index is 13.3. The number of thioether (sulfide) groups is 1. The first-order valence-electron chi connectivity index (χ1n) is 9.21. The molecule has 1 fully saturated rings. The number of rotatable bonds is 4. The summed E-state index contributed by atoms with van der Waals surface area (Å²) in [6, 6.07) is 17.8. The smallest absolute Gasteiger partial charge is 0.240 e. The number of aromatic amines is 1. The van der Waals surface area contributed by atoms with Crippen LogP contribution in [0, 0.1) is 0 Å². The fourth-order valence-corrected chi connectivity index (χ4v) is 4.61. The van der Waals surface area contributed by atoms with Gasteiger partial charge in [0.25, 0.3) is 0 Å². The zero-order chi connectivity index (χ0) is 18.9. The Morgan fingerprint density at radius 2 is 1.82 bits per heavy atom. The maximum Gasteiger partial charge on any atom is 0.240 e. The van der Waals surface area contributed by atoms with Gasteiger partial charge in [-0.15, -0.1) is 5.10 Å². The summed E-state index contributed by atoms with van der Waals surface area (Å²) in [7, 11) is 0. The summed E-state index contributed by atoms with van der Waals surface area (Å²) < 4.78 is 7.38. The summed E-state index contributed by atoms with van der Waals surface area (Å²) in [6.07, 6.45) is 0. The van der Waals surface area contributed by atoms with Crippen LogP contribution in [0.25, 0.3) is 16.8 Å². The van der Waals surface area contributed by atoms with Crippen molar-refractivity contribution in [3.8, 4) is 0 Å². The fourth-order valence-electron chi connectivity index (χ4n) is 3.47. The molecular formula is C20H19N5O2S. The van der Waals surface area contributed by atoms with Crippen molar-refractivity contribution in [1.29, 1.82) is 0 Å². The minimum atomic E-state index is -0.382. The number of imidazole rings is 1. The van der Waals surface area contributed by atoms with Gasteiger partial charge in [-0.3, -0.25) is 9.20 Å². The van der Waals surface area contributed by atoms with Crippen molar-refractivity contribution in [3.05, 3.63) is 60.2 Å². The summed E-state index contributed by atoms with van der Waals surface area (Å²) in [4.78, 5) is 19.8. The van der Waals surface area contributed by atoms with Crippen LogP contribution in [0.15, 0.2) is 59.8 Å². The lowest BCUT2D eigenvalue weighted by atomic mass is 10.1. The van der Waals surface area contributed by atoms with E-state index >= 15 is 0 Å². The summed E-state index contributed by atoms with van der Waals surface area (Å²) in [5.41, 5.74) is 2.83. The fraction of sp³-hybridized carbons (Fsp3) is 0.250. The minimum absolute atomic E-state index is 0.0834. The molecular weight excluding hydrogens is 374 g/mol. The molecule has 1 unspecified atom stereocenters. The van der Waals surface area contributed by atoms with E-state index in [0.717, 1.165) is 21.8 Å². The third-order valence-electron chi connectivity index (χ3n) is 4.88. The first-order valence-corrected chi connectivity index (χ1v) is 10.1. The van der Waals surface area contributed by atoms with Gasteiger partial charge in [-0.25, -0.2) is 10.1 Å². The molecule has 1 amide bonds. The highest BCUT2D eigenvalue weighted by molar-refractivity contribution is 8.00. The van der Waals surface area contributed by atoms with Crippen molar-refractivity contribution in [2.75, 3.05) is 26.3 Å². The SMILES string of the molecule is O=C(C(Sc1n[nH]c2nc3ccccc3n12)c1ccccc1)N1CCOCC1. The standard InChI is InChI=1S/C20H19N5O2S/c26-18(24-10-12-27-13-11-24)17(14-6-2-1-3-7-14)28-20-23-22-19-21-15-8-4-5-9-16(15)25(19)20/h1-9,17H,10-13H2,(H,21,22). The summed E-state index contributed by atoms with van der Waals surface area (Å²) in [5.74, 6) is 0.759. The van der Waals surface area contributed by atoms with Gasteiger partial charge in [0.1, 0.15) is 5.25 Å². The summed E-state index contributed by atoms with van der Waals surface area (Å²) in [5, 5.41) is 7.77. The Labute approximate surface area is 165 Å². The van der Waals surface area contributed by atoms with E-state index in [4.69, 9.17) is 4.74 Å². The Balaban J connectivity index is 1.55. The van der Waals surface area contributed by atoms with Crippen molar-refractivity contribution in [2.24, 2.45) is 0 Å². The van der Waals surface area contributed by atoms with Crippen LogP contribution < -0.4 is 0 Å². The molecule has 5 rings (SSSR count). The number of morpholine rings is 1. The van der Waals surface area contributed by atoms with E-state index in [1.54, 1.807) is 0 Å². The van der Waals surface area contributed by atoms with Crippen LogP contribution >= 0.6 is 11.8 Å². The van der Waals surface area contributed by atoms with Crippen molar-refractivity contribution >= 4 is 34.5 Å². The highest BCUT2D eigenvalue weighted by atomic mass is 32.2. The van der Waals surface area contributed by atoms with E-state index in [2.05, 4.69) is 15.2 Å². The molecule has 3 heterocycles. The Hall–Kier alpha value is -2.84. The van der Waals surface area contributed by atoms with E-state index < -0.39 is 0 Å². The molecule has 8 heteroatoms. The molecule has 0 aliphatic carbocycles. The van der Waals surface area contributed by atoms with Gasteiger partial charge in [-0.05, 0) is 17.7 Å². The van der Waals surface area contributed by atoms with Crippen LogP contribution in [0.3, 0.4) is 0 Å². The normalized spacial score (nSPS) is 15.9. The van der Waals surface area contributed by atoms with Crippen molar-refractivity contribution in [3.63, 3.8) is 0 Å². The Kier molecular flexibility index (Phi) is 4.50. The van der Waals surface area contributed by atoms with Crippen LogP contribution in [0.5, 0.6) is 0 Å². The summed E-state index contributed by atoms with van der Waals surface area (Å²) >= 11 is 1.45. The first-order chi connectivity index (χ1) is 13.8. The second kappa shape index (κ2) is 7.29. The number of amides is 1. The van der Waals surface area contributed by atoms with E-state index in [-0.39, 0.29) is 11.2 Å². The number of carbonyl (C=O) groups excluding carboxylic acids is 1. The molecule has 1 saturated heterocycles. The van der Waals surface area contributed by atoms with Gasteiger partial charge in [-0.2, -0.15) is 0 Å². The largest absolute Gasteiger partial charge is 0.378 e. The predicted molar refractivity (Wildman–Crippen MR) is 107 cm³/mol. The Morgan fingerprint density at radius 3 is 2.64 bits per heavy atom. The third-order valence-corrected chi connectivity index (χ3v) is 6.07. The van der Waals surface area contributed by atoms with Gasteiger partial charge >= 0.3 is 0 Å². The number of nitrogens with zero attached hydrogens (tertiary/aromatic N) is 4. The number of fused-ring (bicyclic) bond motifs is 3. The topological polar surface area (TPSA) is 75.5 Å². The number of ether oxygens (including phenoxy) is 1. The number of hydrogen-bond donors (Lipinski definition) is 1. The molecule has 2 aromatic carbocycles. The molecule has 0 spiro atoms. The zero-order valence-electron chi connectivity index (χ0n) is 15.1. The molecule has 142 valence electrons. The molecule has 1 aliphatic rings. The monoisotopic (exact) mass is 393 g/mol. The van der Waals surface area contributed by atoms with Gasteiger partial charge in [0.15, 0.2) is 5.16 Å². The number of H-pyrrole nitrogens is 1. The van der Waals surface area contributed by atoms with Crippen LogP contribution in [-0.2, 0) is 9.53 Å². The van der Waals surface area contributed by atoms with Crippen LogP contribution in [-0.4, -0.2) is 56.7 Å². The number of aromatic nitrogens is 4. The lowest BCUT2D eigenvalue weighted by molar-refractivity contribution is -0.134. The maximum atomic E-state index is 13.3. The van der Waals surface area contributed by atoms with Crippen molar-refractivity contribution < 1.29 is 9.53 Å². The predicted octanol–water partition coefficient (Wildman–Crippen LogP) is 2.90. The zero-order valence-corrected chi connectivity index (χ0v) is 15.9. The Bertz CT molecular complexity index is 1120. The van der Waals surface area contributed by atoms with Crippen LogP contribution in [0.2, 0.25) is 0 Å². The van der Waals surface area contributed by atoms with E-state index in [1.807, 2.05) is 63.9 Å². The molecule has 4 aromatic rings. The molecule has 2 aromatic heterocycles. The van der Waals surface area contributed by atoms with Crippen LogP contribution in [0.4, 0.5) is 0 Å². The average molecular weight is 393 g/mol. The van der Waals surface area contributed by atoms with Gasteiger partial charge < -0.3 is 9.64 Å². The third kappa shape index (κ3) is 3.04. The van der Waals surface area contributed by atoms with Crippen LogP contribution in [0.1, 0.15) is 10.8 Å². The second-order valence-corrected chi connectivity index (χ2v) is 7.68. The second-order valence-electron chi connectivity index (χ2n) is 6.61. The minimum Gasteiger partial charge on any atom is -0.378 e. The van der Waals surface area contributed by atoms with Crippen molar-refractivity contribution in [1.82, 2.24) is 24.5 Å².